The predicted molar refractivity (Wildman–Crippen MR) is 53.9 cm³/mol. The highest BCUT2D eigenvalue weighted by Crippen LogP contribution is 2.09. The first-order valence-corrected chi connectivity index (χ1v) is 4.60. The van der Waals surface area contributed by atoms with E-state index in [1.165, 1.54) is 17.9 Å². The Morgan fingerprint density at radius 3 is 2.87 bits per heavy atom. The van der Waals surface area contributed by atoms with Gasteiger partial charge in [0, 0.05) is 13.1 Å². The van der Waals surface area contributed by atoms with Crippen LogP contribution in [-0.4, -0.2) is 34.6 Å². The third-order valence-electron chi connectivity index (χ3n) is 1.66. The first kappa shape index (κ1) is 11.5. The number of hydrogen-bond donors (Lipinski definition) is 1. The molecule has 0 fully saturated rings. The lowest BCUT2D eigenvalue weighted by molar-refractivity contribution is -0.114. The molecule has 1 amide bonds. The molecular formula is C8H10ClN3O3. The number of ether oxygens (including phenoxy) is 1. The number of esters is 1. The molecule has 1 aromatic rings. The lowest BCUT2D eigenvalue weighted by Crippen LogP contribution is -2.15. The normalized spacial score (nSPS) is 9.80. The van der Waals surface area contributed by atoms with E-state index in [1.54, 1.807) is 7.05 Å². The zero-order chi connectivity index (χ0) is 11.4. The van der Waals surface area contributed by atoms with E-state index in [4.69, 9.17) is 11.6 Å². The van der Waals surface area contributed by atoms with Crippen molar-refractivity contribution in [1.29, 1.82) is 0 Å². The van der Waals surface area contributed by atoms with Crippen molar-refractivity contribution in [3.05, 3.63) is 11.8 Å². The fourth-order valence-corrected chi connectivity index (χ4v) is 1.03. The van der Waals surface area contributed by atoms with E-state index < -0.39 is 5.97 Å². The number of carbonyl (C=O) groups is 2. The van der Waals surface area contributed by atoms with Crippen LogP contribution in [0, 0.1) is 0 Å². The lowest BCUT2D eigenvalue weighted by atomic mass is 10.4. The van der Waals surface area contributed by atoms with Gasteiger partial charge in [-0.3, -0.25) is 9.48 Å². The molecular weight excluding hydrogens is 222 g/mol. The van der Waals surface area contributed by atoms with Gasteiger partial charge >= 0.3 is 5.97 Å². The highest BCUT2D eigenvalue weighted by Gasteiger charge is 2.13. The number of amides is 1. The minimum absolute atomic E-state index is 0.130. The van der Waals surface area contributed by atoms with Gasteiger partial charge in [-0.2, -0.15) is 5.10 Å². The first-order chi connectivity index (χ1) is 7.08. The maximum Gasteiger partial charge on any atom is 0.358 e. The van der Waals surface area contributed by atoms with Gasteiger partial charge in [0.1, 0.15) is 11.7 Å². The standard InChI is InChI=1S/C8H10ClN3O3/c1-12-6(10-7(13)4-9)3-5(11-12)8(14)15-2/h3H,4H2,1-2H3,(H,10,13). The topological polar surface area (TPSA) is 73.2 Å². The molecule has 82 valence electrons. The van der Waals surface area contributed by atoms with Crippen LogP contribution < -0.4 is 5.32 Å². The van der Waals surface area contributed by atoms with E-state index in [-0.39, 0.29) is 17.5 Å². The Balaban J connectivity index is 2.86. The van der Waals surface area contributed by atoms with Gasteiger partial charge in [0.25, 0.3) is 0 Å². The van der Waals surface area contributed by atoms with E-state index >= 15 is 0 Å². The number of methoxy groups -OCH3 is 1. The van der Waals surface area contributed by atoms with Crippen LogP contribution in [0.4, 0.5) is 5.82 Å². The predicted octanol–water partition coefficient (Wildman–Crippen LogP) is 0.384. The number of rotatable bonds is 3. The molecule has 7 heteroatoms. The van der Waals surface area contributed by atoms with Crippen LogP contribution in [0.3, 0.4) is 0 Å². The summed E-state index contributed by atoms with van der Waals surface area (Å²) in [7, 11) is 2.85. The fraction of sp³-hybridized carbons (Fsp3) is 0.375. The molecule has 1 N–H and O–H groups in total. The lowest BCUT2D eigenvalue weighted by Gasteiger charge is -2.00. The molecule has 0 radical (unpaired) electrons. The van der Waals surface area contributed by atoms with E-state index in [2.05, 4.69) is 15.2 Å². The molecule has 1 heterocycles. The molecule has 1 aromatic heterocycles. The second-order valence-corrected chi connectivity index (χ2v) is 2.98. The summed E-state index contributed by atoms with van der Waals surface area (Å²) < 4.78 is 5.84. The Labute approximate surface area is 91.2 Å². The van der Waals surface area contributed by atoms with Crippen molar-refractivity contribution in [2.24, 2.45) is 7.05 Å². The number of alkyl halides is 1. The van der Waals surface area contributed by atoms with Crippen molar-refractivity contribution in [2.75, 3.05) is 18.3 Å². The van der Waals surface area contributed by atoms with E-state index in [9.17, 15) is 9.59 Å². The molecule has 0 aliphatic heterocycles. The molecule has 1 rings (SSSR count). The Bertz CT molecular complexity index is 388. The van der Waals surface area contributed by atoms with Crippen LogP contribution in [-0.2, 0) is 16.6 Å². The second-order valence-electron chi connectivity index (χ2n) is 2.71. The van der Waals surface area contributed by atoms with Crippen molar-refractivity contribution in [2.45, 2.75) is 0 Å². The second kappa shape index (κ2) is 4.79. The molecule has 0 atom stereocenters. The van der Waals surface area contributed by atoms with Crippen molar-refractivity contribution >= 4 is 29.3 Å². The SMILES string of the molecule is COC(=O)c1cc(NC(=O)CCl)n(C)n1. The fourth-order valence-electron chi connectivity index (χ4n) is 0.965. The van der Waals surface area contributed by atoms with Crippen LogP contribution in [0.25, 0.3) is 0 Å². The minimum atomic E-state index is -0.558. The maximum absolute atomic E-state index is 11.1. The minimum Gasteiger partial charge on any atom is -0.464 e. The number of aryl methyl sites for hydroxylation is 1. The number of hydrogen-bond acceptors (Lipinski definition) is 4. The summed E-state index contributed by atoms with van der Waals surface area (Å²) in [5.41, 5.74) is 0.130. The molecule has 0 spiro atoms. The summed E-state index contributed by atoms with van der Waals surface area (Å²) in [6, 6.07) is 1.41. The van der Waals surface area contributed by atoms with Crippen LogP contribution in [0.15, 0.2) is 6.07 Å². The van der Waals surface area contributed by atoms with Crippen molar-refractivity contribution in [3.8, 4) is 0 Å². The van der Waals surface area contributed by atoms with Crippen LogP contribution >= 0.6 is 11.6 Å². The largest absolute Gasteiger partial charge is 0.464 e. The molecule has 6 nitrogen and oxygen atoms in total. The summed E-state index contributed by atoms with van der Waals surface area (Å²) in [5, 5.41) is 6.33. The van der Waals surface area contributed by atoms with Gasteiger partial charge in [0.2, 0.25) is 5.91 Å². The number of carbonyl (C=O) groups excluding carboxylic acids is 2. The van der Waals surface area contributed by atoms with Gasteiger partial charge in [-0.15, -0.1) is 11.6 Å². The third kappa shape index (κ3) is 2.69. The maximum atomic E-state index is 11.1. The van der Waals surface area contributed by atoms with E-state index in [0.29, 0.717) is 5.82 Å². The Morgan fingerprint density at radius 1 is 1.67 bits per heavy atom. The highest BCUT2D eigenvalue weighted by atomic mass is 35.5. The molecule has 0 unspecified atom stereocenters. The average Bonchev–Trinajstić information content (AvgIpc) is 2.59. The van der Waals surface area contributed by atoms with Crippen LogP contribution in [0.5, 0.6) is 0 Å². The molecule has 0 aliphatic carbocycles. The van der Waals surface area contributed by atoms with Crippen LogP contribution in [0.2, 0.25) is 0 Å². The average molecular weight is 232 g/mol. The van der Waals surface area contributed by atoms with E-state index in [0.717, 1.165) is 0 Å². The summed E-state index contributed by atoms with van der Waals surface area (Å²) >= 11 is 5.32. The van der Waals surface area contributed by atoms with Crippen LogP contribution in [0.1, 0.15) is 10.5 Å². The molecule has 0 bridgehead atoms. The Hall–Kier alpha value is -1.56. The number of nitrogens with one attached hydrogen (secondary N) is 1. The first-order valence-electron chi connectivity index (χ1n) is 4.06. The summed E-state index contributed by atoms with van der Waals surface area (Å²) in [4.78, 5) is 22.1. The summed E-state index contributed by atoms with van der Waals surface area (Å²) in [6.45, 7) is 0. The van der Waals surface area contributed by atoms with Gasteiger partial charge in [0.05, 0.1) is 7.11 Å². The van der Waals surface area contributed by atoms with E-state index in [1.807, 2.05) is 0 Å². The quantitative estimate of drug-likeness (QED) is 0.603. The van der Waals surface area contributed by atoms with Gasteiger partial charge in [0.15, 0.2) is 5.69 Å². The highest BCUT2D eigenvalue weighted by molar-refractivity contribution is 6.29. The molecule has 0 aromatic carbocycles. The van der Waals surface area contributed by atoms with Crippen molar-refractivity contribution < 1.29 is 14.3 Å². The number of anilines is 1. The molecule has 0 aliphatic rings. The molecule has 15 heavy (non-hydrogen) atoms. The smallest absolute Gasteiger partial charge is 0.358 e. The summed E-state index contributed by atoms with van der Waals surface area (Å²) in [6.07, 6.45) is 0. The van der Waals surface area contributed by atoms with Gasteiger partial charge < -0.3 is 10.1 Å². The van der Waals surface area contributed by atoms with Crippen molar-refractivity contribution in [1.82, 2.24) is 9.78 Å². The Kier molecular flexibility index (Phi) is 3.68. The number of halogens is 1. The number of nitrogens with zero attached hydrogens (tertiary/aromatic N) is 2. The molecule has 0 saturated carbocycles. The van der Waals surface area contributed by atoms with Gasteiger partial charge in [-0.05, 0) is 0 Å². The third-order valence-corrected chi connectivity index (χ3v) is 1.91. The zero-order valence-electron chi connectivity index (χ0n) is 8.28. The van der Waals surface area contributed by atoms with Crippen molar-refractivity contribution in [3.63, 3.8) is 0 Å². The Morgan fingerprint density at radius 2 is 2.33 bits per heavy atom. The zero-order valence-corrected chi connectivity index (χ0v) is 9.04. The monoisotopic (exact) mass is 231 g/mol. The van der Waals surface area contributed by atoms with Gasteiger partial charge in [-0.25, -0.2) is 4.79 Å². The molecule has 0 saturated heterocycles. The van der Waals surface area contributed by atoms with Gasteiger partial charge in [-0.1, -0.05) is 0 Å². The summed E-state index contributed by atoms with van der Waals surface area (Å²) in [5.74, 6) is -0.687. The number of aromatic nitrogens is 2.